The van der Waals surface area contributed by atoms with Crippen LogP contribution >= 0.6 is 22.6 Å². The van der Waals surface area contributed by atoms with Gasteiger partial charge in [0.25, 0.3) is 0 Å². The number of nitrogens with zero attached hydrogens (tertiary/aromatic N) is 1. The van der Waals surface area contributed by atoms with Gasteiger partial charge in [-0.25, -0.2) is 4.98 Å². The van der Waals surface area contributed by atoms with Crippen molar-refractivity contribution in [2.24, 2.45) is 0 Å². The van der Waals surface area contributed by atoms with Crippen molar-refractivity contribution >= 4 is 40.4 Å². The molecule has 23 heavy (non-hydrogen) atoms. The molecule has 0 spiro atoms. The van der Waals surface area contributed by atoms with Gasteiger partial charge in [-0.3, -0.25) is 13.8 Å². The van der Waals surface area contributed by atoms with Crippen LogP contribution in [0, 0.1) is 13.8 Å². The zero-order valence-corrected chi connectivity index (χ0v) is 16.9. The molecule has 0 aliphatic heterocycles. The van der Waals surface area contributed by atoms with Gasteiger partial charge in [-0.15, -0.1) is 0 Å². The maximum atomic E-state index is 10.8. The van der Waals surface area contributed by atoms with E-state index in [-0.39, 0.29) is 6.42 Å². The number of hydrogen-bond donors (Lipinski definition) is 1. The van der Waals surface area contributed by atoms with Crippen LogP contribution in [0.1, 0.15) is 37.1 Å². The van der Waals surface area contributed by atoms with E-state index in [0.29, 0.717) is 35.7 Å². The van der Waals surface area contributed by atoms with Gasteiger partial charge >= 0.3 is 12.7 Å². The summed E-state index contributed by atoms with van der Waals surface area (Å²) in [7, 11) is 0. The molecule has 0 aromatic carbocycles. The fourth-order valence-corrected chi connectivity index (χ4v) is 4.54. The number of hydrogen-bond acceptors (Lipinski definition) is 6. The molecule has 1 N–H and O–H groups in total. The molecule has 0 aliphatic carbocycles. The molecule has 0 atom stereocenters. The first-order valence-corrected chi connectivity index (χ1v) is 10.5. The van der Waals surface area contributed by atoms with E-state index in [1.165, 1.54) is 0 Å². The summed E-state index contributed by atoms with van der Waals surface area (Å²) in [5.41, 5.74) is 2.47. The standard InChI is InChI=1S/C14H21BrNO5PS/c1-5-19-22(23,20-6-2)21-14-13(15)9(3)11(10(4)16-14)7-8-12(17)18/h5-8H2,1-4H3,(H,17,18). The first-order valence-electron chi connectivity index (χ1n) is 7.20. The Labute approximate surface area is 149 Å². The third kappa shape index (κ3) is 5.80. The Balaban J connectivity index is 3.14. The van der Waals surface area contributed by atoms with Gasteiger partial charge in [-0.05, 0) is 61.2 Å². The van der Waals surface area contributed by atoms with Crippen LogP contribution in [0.15, 0.2) is 4.47 Å². The number of aromatic nitrogens is 1. The Kier molecular flexibility index (Phi) is 8.10. The topological polar surface area (TPSA) is 77.9 Å². The highest BCUT2D eigenvalue weighted by atomic mass is 79.9. The quantitative estimate of drug-likeness (QED) is 0.595. The van der Waals surface area contributed by atoms with Gasteiger partial charge < -0.3 is 9.63 Å². The van der Waals surface area contributed by atoms with Crippen molar-refractivity contribution < 1.29 is 23.5 Å². The van der Waals surface area contributed by atoms with E-state index in [1.807, 2.05) is 27.7 Å². The van der Waals surface area contributed by atoms with Crippen LogP contribution in [-0.4, -0.2) is 29.3 Å². The van der Waals surface area contributed by atoms with Gasteiger partial charge in [0.15, 0.2) is 0 Å². The minimum Gasteiger partial charge on any atom is -0.481 e. The summed E-state index contributed by atoms with van der Waals surface area (Å²) in [4.78, 5) is 15.2. The van der Waals surface area contributed by atoms with E-state index in [9.17, 15) is 4.79 Å². The highest BCUT2D eigenvalue weighted by Gasteiger charge is 2.25. The van der Waals surface area contributed by atoms with Gasteiger partial charge in [0.05, 0.1) is 17.7 Å². The molecular weight excluding hydrogens is 405 g/mol. The van der Waals surface area contributed by atoms with Crippen molar-refractivity contribution in [2.45, 2.75) is 40.5 Å². The molecule has 130 valence electrons. The van der Waals surface area contributed by atoms with Crippen molar-refractivity contribution in [1.29, 1.82) is 0 Å². The number of halogens is 1. The normalized spacial score (nSPS) is 11.5. The second-order valence-electron chi connectivity index (χ2n) is 4.69. The summed E-state index contributed by atoms with van der Waals surface area (Å²) in [6.45, 7) is 5.18. The third-order valence-corrected chi connectivity index (χ3v) is 6.37. The van der Waals surface area contributed by atoms with Crippen LogP contribution in [0.25, 0.3) is 0 Å². The van der Waals surface area contributed by atoms with Gasteiger partial charge in [0.2, 0.25) is 5.88 Å². The molecule has 1 heterocycles. The van der Waals surface area contributed by atoms with Crippen LogP contribution < -0.4 is 4.52 Å². The minimum atomic E-state index is -2.91. The first kappa shape index (κ1) is 20.5. The molecule has 1 rings (SSSR count). The molecule has 0 radical (unpaired) electrons. The van der Waals surface area contributed by atoms with E-state index < -0.39 is 12.7 Å². The predicted molar refractivity (Wildman–Crippen MR) is 95.5 cm³/mol. The summed E-state index contributed by atoms with van der Waals surface area (Å²) < 4.78 is 17.3. The largest absolute Gasteiger partial charge is 0.481 e. The van der Waals surface area contributed by atoms with Gasteiger partial charge in [0, 0.05) is 23.9 Å². The van der Waals surface area contributed by atoms with Crippen LogP contribution in [-0.2, 0) is 32.1 Å². The molecule has 6 nitrogen and oxygen atoms in total. The Hall–Kier alpha value is -0.530. The Morgan fingerprint density at radius 3 is 2.35 bits per heavy atom. The molecule has 0 saturated carbocycles. The number of carboxylic acids is 1. The number of carbonyl (C=O) groups is 1. The fourth-order valence-electron chi connectivity index (χ4n) is 2.01. The Morgan fingerprint density at radius 2 is 1.87 bits per heavy atom. The van der Waals surface area contributed by atoms with Crippen LogP contribution in [0.3, 0.4) is 0 Å². The van der Waals surface area contributed by atoms with Gasteiger partial charge in [0.1, 0.15) is 0 Å². The average molecular weight is 426 g/mol. The number of aliphatic carboxylic acids is 1. The molecule has 9 heteroatoms. The number of aryl methyl sites for hydroxylation is 1. The maximum absolute atomic E-state index is 10.8. The van der Waals surface area contributed by atoms with Crippen molar-refractivity contribution in [3.63, 3.8) is 0 Å². The lowest BCUT2D eigenvalue weighted by Gasteiger charge is -2.22. The van der Waals surface area contributed by atoms with Gasteiger partial charge in [-0.2, -0.15) is 0 Å². The zero-order chi connectivity index (χ0) is 17.6. The molecule has 0 fully saturated rings. The van der Waals surface area contributed by atoms with Crippen molar-refractivity contribution in [2.75, 3.05) is 13.2 Å². The highest BCUT2D eigenvalue weighted by Crippen LogP contribution is 2.51. The average Bonchev–Trinajstić information content (AvgIpc) is 2.44. The van der Waals surface area contributed by atoms with E-state index in [2.05, 4.69) is 20.9 Å². The predicted octanol–water partition coefficient (Wildman–Crippen LogP) is 4.15. The first-order chi connectivity index (χ1) is 10.7. The summed E-state index contributed by atoms with van der Waals surface area (Å²) in [5.74, 6) is -0.534. The molecule has 0 amide bonds. The molecular formula is C14H21BrNO5PS. The Morgan fingerprint density at radius 1 is 1.30 bits per heavy atom. The second-order valence-corrected chi connectivity index (χ2v) is 8.42. The van der Waals surface area contributed by atoms with E-state index in [1.54, 1.807) is 0 Å². The summed E-state index contributed by atoms with van der Waals surface area (Å²) in [5, 5.41) is 8.85. The van der Waals surface area contributed by atoms with E-state index in [4.69, 9.17) is 30.5 Å². The van der Waals surface area contributed by atoms with Crippen LogP contribution in [0.2, 0.25) is 0 Å². The van der Waals surface area contributed by atoms with Crippen LogP contribution in [0.4, 0.5) is 0 Å². The molecule has 0 unspecified atom stereocenters. The zero-order valence-electron chi connectivity index (χ0n) is 13.6. The van der Waals surface area contributed by atoms with Crippen molar-refractivity contribution in [3.05, 3.63) is 21.3 Å². The van der Waals surface area contributed by atoms with E-state index >= 15 is 0 Å². The number of pyridine rings is 1. The monoisotopic (exact) mass is 425 g/mol. The maximum Gasteiger partial charge on any atom is 0.381 e. The summed E-state index contributed by atoms with van der Waals surface area (Å²) >= 11 is 8.81. The fraction of sp³-hybridized carbons (Fsp3) is 0.571. The number of carboxylic acid groups (broad SMARTS) is 1. The SMILES string of the molecule is CCOP(=S)(OCC)Oc1nc(C)c(CCC(=O)O)c(C)c1Br. The van der Waals surface area contributed by atoms with Gasteiger partial charge in [-0.1, -0.05) is 0 Å². The van der Waals surface area contributed by atoms with Crippen molar-refractivity contribution in [1.82, 2.24) is 4.98 Å². The highest BCUT2D eigenvalue weighted by molar-refractivity contribution is 9.10. The summed E-state index contributed by atoms with van der Waals surface area (Å²) in [6, 6.07) is 0. The molecule has 0 aliphatic rings. The summed E-state index contributed by atoms with van der Waals surface area (Å²) in [6.07, 6.45) is 0.454. The molecule has 1 aromatic heterocycles. The van der Waals surface area contributed by atoms with Crippen molar-refractivity contribution in [3.8, 4) is 5.88 Å². The molecule has 0 bridgehead atoms. The minimum absolute atomic E-state index is 0.0475. The lowest BCUT2D eigenvalue weighted by Crippen LogP contribution is -2.07. The number of rotatable bonds is 9. The smallest absolute Gasteiger partial charge is 0.381 e. The molecule has 0 saturated heterocycles. The molecule has 1 aromatic rings. The lowest BCUT2D eigenvalue weighted by molar-refractivity contribution is -0.136. The Bertz CT molecular complexity index is 616. The van der Waals surface area contributed by atoms with E-state index in [0.717, 1.165) is 11.1 Å². The third-order valence-electron chi connectivity index (χ3n) is 3.04. The second kappa shape index (κ2) is 9.08. The van der Waals surface area contributed by atoms with Crippen LogP contribution in [0.5, 0.6) is 5.88 Å². The lowest BCUT2D eigenvalue weighted by atomic mass is 10.0.